The molecule has 0 radical (unpaired) electrons. The predicted octanol–water partition coefficient (Wildman–Crippen LogP) is 2.38. The quantitative estimate of drug-likeness (QED) is 0.685. The lowest BCUT2D eigenvalue weighted by molar-refractivity contribution is -0.131. The Morgan fingerprint density at radius 3 is 2.10 bits per heavy atom. The van der Waals surface area contributed by atoms with Crippen LogP contribution in [0.25, 0.3) is 0 Å². The van der Waals surface area contributed by atoms with Gasteiger partial charge in [0.25, 0.3) is 5.91 Å². The second-order valence-corrected chi connectivity index (χ2v) is 11.5. The average molecular weight is 457 g/mol. The standard InChI is InChI=1S/C19H21FN2O6S2/c1-19(2)18(23)22(15-8-6-14(20)7-9-15)16-10-5-13(11-17(16)28-19)12-21(29(3,24)25)30(4,26)27/h5-11H,12H2,1-4H3. The average Bonchev–Trinajstić information content (AvgIpc) is 2.60. The smallest absolute Gasteiger partial charge is 0.275 e. The van der Waals surface area contributed by atoms with E-state index in [4.69, 9.17) is 4.74 Å². The zero-order valence-corrected chi connectivity index (χ0v) is 18.4. The maximum Gasteiger partial charge on any atom is 0.275 e. The van der Waals surface area contributed by atoms with E-state index in [1.807, 2.05) is 0 Å². The molecule has 0 saturated heterocycles. The van der Waals surface area contributed by atoms with Crippen molar-refractivity contribution in [3.05, 3.63) is 53.8 Å². The van der Waals surface area contributed by atoms with Crippen LogP contribution in [0.2, 0.25) is 0 Å². The van der Waals surface area contributed by atoms with Gasteiger partial charge in [0.2, 0.25) is 20.0 Å². The highest BCUT2D eigenvalue weighted by Gasteiger charge is 2.42. The molecule has 0 spiro atoms. The van der Waals surface area contributed by atoms with Crippen LogP contribution in [0.5, 0.6) is 5.75 Å². The second kappa shape index (κ2) is 7.33. The molecule has 1 heterocycles. The fourth-order valence-electron chi connectivity index (χ4n) is 3.10. The number of anilines is 2. The topological polar surface area (TPSA) is 101 Å². The van der Waals surface area contributed by atoms with Gasteiger partial charge in [-0.2, -0.15) is 0 Å². The Balaban J connectivity index is 2.08. The van der Waals surface area contributed by atoms with Gasteiger partial charge in [-0.15, -0.1) is 0 Å². The normalized spacial score (nSPS) is 16.3. The summed E-state index contributed by atoms with van der Waals surface area (Å²) in [5, 5.41) is 0. The Labute approximate surface area is 175 Å². The molecule has 1 amide bonds. The molecule has 0 saturated carbocycles. The van der Waals surface area contributed by atoms with E-state index in [1.165, 1.54) is 47.4 Å². The molecule has 0 atom stereocenters. The Morgan fingerprint density at radius 2 is 1.57 bits per heavy atom. The number of amides is 1. The lowest BCUT2D eigenvalue weighted by Gasteiger charge is -2.39. The fourth-order valence-corrected chi connectivity index (χ4v) is 5.83. The minimum atomic E-state index is -4.03. The van der Waals surface area contributed by atoms with Gasteiger partial charge in [-0.3, -0.25) is 9.69 Å². The highest BCUT2D eigenvalue weighted by molar-refractivity contribution is 8.03. The molecule has 30 heavy (non-hydrogen) atoms. The number of ether oxygens (including phenoxy) is 1. The molecule has 0 unspecified atom stereocenters. The number of halogens is 1. The summed E-state index contributed by atoms with van der Waals surface area (Å²) in [6, 6.07) is 9.91. The van der Waals surface area contributed by atoms with E-state index in [1.54, 1.807) is 13.8 Å². The summed E-state index contributed by atoms with van der Waals surface area (Å²) >= 11 is 0. The predicted molar refractivity (Wildman–Crippen MR) is 110 cm³/mol. The summed E-state index contributed by atoms with van der Waals surface area (Å²) < 4.78 is 67.2. The third-order valence-corrected chi connectivity index (χ3v) is 7.85. The maximum atomic E-state index is 13.3. The van der Waals surface area contributed by atoms with Crippen LogP contribution in [0.4, 0.5) is 15.8 Å². The molecule has 0 aromatic heterocycles. The van der Waals surface area contributed by atoms with Gasteiger partial charge in [-0.1, -0.05) is 9.78 Å². The summed E-state index contributed by atoms with van der Waals surface area (Å²) in [5.41, 5.74) is -0.0951. The molecule has 11 heteroatoms. The van der Waals surface area contributed by atoms with Gasteiger partial charge in [0.05, 0.1) is 24.7 Å². The number of carbonyl (C=O) groups excluding carboxylic acids is 1. The number of hydrogen-bond donors (Lipinski definition) is 0. The second-order valence-electron chi connectivity index (χ2n) is 7.49. The molecule has 162 valence electrons. The highest BCUT2D eigenvalue weighted by atomic mass is 32.3. The van der Waals surface area contributed by atoms with Gasteiger partial charge < -0.3 is 4.74 Å². The summed E-state index contributed by atoms with van der Waals surface area (Å²) in [6.07, 6.45) is 1.61. The first-order chi connectivity index (χ1) is 13.7. The molecule has 0 aliphatic carbocycles. The number of benzene rings is 2. The Morgan fingerprint density at radius 1 is 1.00 bits per heavy atom. The molecule has 8 nitrogen and oxygen atoms in total. The SMILES string of the molecule is CC1(C)Oc2cc(CN(S(C)(=O)=O)S(C)(=O)=O)ccc2N(c2ccc(F)cc2)C1=O. The van der Waals surface area contributed by atoms with Crippen LogP contribution in [0, 0.1) is 5.82 Å². The van der Waals surface area contributed by atoms with Crippen molar-refractivity contribution in [2.24, 2.45) is 0 Å². The summed E-state index contributed by atoms with van der Waals surface area (Å²) in [5.74, 6) is -0.553. The van der Waals surface area contributed by atoms with Gasteiger partial charge in [-0.05, 0) is 55.8 Å². The zero-order valence-electron chi connectivity index (χ0n) is 16.8. The van der Waals surface area contributed by atoms with E-state index < -0.39 is 38.0 Å². The van der Waals surface area contributed by atoms with Gasteiger partial charge >= 0.3 is 0 Å². The van der Waals surface area contributed by atoms with Gasteiger partial charge in [0.15, 0.2) is 5.60 Å². The Kier molecular flexibility index (Phi) is 5.42. The zero-order chi connectivity index (χ0) is 22.5. The first-order valence-electron chi connectivity index (χ1n) is 8.80. The highest BCUT2D eigenvalue weighted by Crippen LogP contribution is 2.42. The molecule has 1 aliphatic rings. The van der Waals surface area contributed by atoms with Crippen molar-refractivity contribution in [3.8, 4) is 5.75 Å². The van der Waals surface area contributed by atoms with Crippen LogP contribution < -0.4 is 9.64 Å². The molecule has 2 aromatic carbocycles. The van der Waals surface area contributed by atoms with Crippen LogP contribution in [-0.4, -0.2) is 44.6 Å². The Bertz CT molecular complexity index is 1180. The van der Waals surface area contributed by atoms with Crippen molar-refractivity contribution in [1.82, 2.24) is 3.71 Å². The molecular weight excluding hydrogens is 435 g/mol. The number of sulfonamides is 2. The van der Waals surface area contributed by atoms with E-state index in [-0.39, 0.29) is 11.7 Å². The number of nitrogens with zero attached hydrogens (tertiary/aromatic N) is 2. The van der Waals surface area contributed by atoms with Crippen molar-refractivity contribution >= 4 is 37.3 Å². The Hall–Kier alpha value is -2.50. The fraction of sp³-hybridized carbons (Fsp3) is 0.316. The molecular formula is C19H21FN2O6S2. The first-order valence-corrected chi connectivity index (χ1v) is 12.5. The number of hydrogen-bond acceptors (Lipinski definition) is 6. The van der Waals surface area contributed by atoms with Gasteiger partial charge in [-0.25, -0.2) is 21.2 Å². The summed E-state index contributed by atoms with van der Waals surface area (Å²) in [7, 11) is -8.05. The monoisotopic (exact) mass is 456 g/mol. The molecule has 0 bridgehead atoms. The first kappa shape index (κ1) is 22.2. The van der Waals surface area contributed by atoms with Crippen molar-refractivity contribution in [2.75, 3.05) is 17.4 Å². The lowest BCUT2D eigenvalue weighted by atomic mass is 10.0. The van der Waals surface area contributed by atoms with Crippen molar-refractivity contribution in [1.29, 1.82) is 0 Å². The van der Waals surface area contributed by atoms with Gasteiger partial charge in [0, 0.05) is 5.69 Å². The van der Waals surface area contributed by atoms with Crippen molar-refractivity contribution in [2.45, 2.75) is 26.0 Å². The van der Waals surface area contributed by atoms with Crippen LogP contribution in [-0.2, 0) is 31.4 Å². The third kappa shape index (κ3) is 4.32. The van der Waals surface area contributed by atoms with Crippen LogP contribution in [0.15, 0.2) is 42.5 Å². The number of rotatable bonds is 5. The van der Waals surface area contributed by atoms with E-state index in [9.17, 15) is 26.0 Å². The van der Waals surface area contributed by atoms with E-state index in [0.29, 0.717) is 20.6 Å². The summed E-state index contributed by atoms with van der Waals surface area (Å²) in [6.45, 7) is 2.72. The molecule has 3 rings (SSSR count). The minimum Gasteiger partial charge on any atom is -0.476 e. The van der Waals surface area contributed by atoms with Crippen molar-refractivity contribution in [3.63, 3.8) is 0 Å². The lowest BCUT2D eigenvalue weighted by Crippen LogP contribution is -2.50. The minimum absolute atomic E-state index is 0.267. The maximum absolute atomic E-state index is 13.3. The van der Waals surface area contributed by atoms with E-state index >= 15 is 0 Å². The molecule has 2 aromatic rings. The number of fused-ring (bicyclic) bond motifs is 1. The summed E-state index contributed by atoms with van der Waals surface area (Å²) in [4.78, 5) is 14.3. The van der Waals surface area contributed by atoms with Crippen molar-refractivity contribution < 1.29 is 30.8 Å². The largest absolute Gasteiger partial charge is 0.476 e. The van der Waals surface area contributed by atoms with E-state index in [2.05, 4.69) is 0 Å². The molecule has 1 aliphatic heterocycles. The number of carbonyl (C=O) groups is 1. The molecule has 0 N–H and O–H groups in total. The van der Waals surface area contributed by atoms with Crippen LogP contribution >= 0.6 is 0 Å². The third-order valence-electron chi connectivity index (χ3n) is 4.48. The van der Waals surface area contributed by atoms with Crippen LogP contribution in [0.1, 0.15) is 19.4 Å². The molecule has 0 fully saturated rings. The van der Waals surface area contributed by atoms with Gasteiger partial charge in [0.1, 0.15) is 11.6 Å². The van der Waals surface area contributed by atoms with E-state index in [0.717, 1.165) is 12.5 Å². The van der Waals surface area contributed by atoms with Crippen LogP contribution in [0.3, 0.4) is 0 Å².